The van der Waals surface area contributed by atoms with Crippen LogP contribution in [0.4, 0.5) is 5.82 Å². The minimum Gasteiger partial charge on any atom is -0.382 e. The molecule has 0 bridgehead atoms. The predicted octanol–water partition coefficient (Wildman–Crippen LogP) is 1.07. The topological polar surface area (TPSA) is 56.3 Å². The van der Waals surface area contributed by atoms with Crippen LogP contribution in [0.1, 0.15) is 12.6 Å². The number of methoxy groups -OCH3 is 1. The first-order valence-corrected chi connectivity index (χ1v) is 4.98. The second kappa shape index (κ2) is 7.14. The van der Waals surface area contributed by atoms with Crippen LogP contribution in [0.5, 0.6) is 0 Å². The standard InChI is InChI=1S/C10H17N3O2/c1-3-11-10-7-12-9(6-13-10)8-15-5-4-14-2/h6-7H,3-5,8H2,1-2H3,(H,11,13). The molecule has 0 fully saturated rings. The Hall–Kier alpha value is -1.20. The van der Waals surface area contributed by atoms with Gasteiger partial charge in [-0.2, -0.15) is 0 Å². The number of rotatable bonds is 7. The fraction of sp³-hybridized carbons (Fsp3) is 0.600. The lowest BCUT2D eigenvalue weighted by Gasteiger charge is -2.04. The van der Waals surface area contributed by atoms with Gasteiger partial charge in [0.05, 0.1) is 37.9 Å². The molecule has 1 N–H and O–H groups in total. The van der Waals surface area contributed by atoms with Gasteiger partial charge in [0, 0.05) is 13.7 Å². The van der Waals surface area contributed by atoms with Crippen molar-refractivity contribution >= 4 is 5.82 Å². The molecule has 0 aliphatic heterocycles. The van der Waals surface area contributed by atoms with Crippen molar-refractivity contribution in [1.29, 1.82) is 0 Å². The number of ether oxygens (including phenoxy) is 2. The molecule has 1 heterocycles. The van der Waals surface area contributed by atoms with E-state index in [0.29, 0.717) is 19.8 Å². The van der Waals surface area contributed by atoms with Gasteiger partial charge in [-0.05, 0) is 6.92 Å². The molecule has 1 aromatic rings. The van der Waals surface area contributed by atoms with E-state index in [2.05, 4.69) is 15.3 Å². The second-order valence-corrected chi connectivity index (χ2v) is 2.97. The lowest BCUT2D eigenvalue weighted by molar-refractivity contribution is 0.0601. The SMILES string of the molecule is CCNc1cnc(COCCOC)cn1. The maximum atomic E-state index is 5.31. The number of nitrogens with zero attached hydrogens (tertiary/aromatic N) is 2. The Morgan fingerprint density at radius 2 is 2.13 bits per heavy atom. The van der Waals surface area contributed by atoms with Gasteiger partial charge in [0.25, 0.3) is 0 Å². The minimum atomic E-state index is 0.475. The van der Waals surface area contributed by atoms with Crippen LogP contribution in [-0.4, -0.2) is 36.8 Å². The zero-order valence-electron chi connectivity index (χ0n) is 9.19. The Balaban J connectivity index is 2.29. The molecule has 5 nitrogen and oxygen atoms in total. The number of hydrogen-bond acceptors (Lipinski definition) is 5. The first kappa shape index (κ1) is 11.9. The maximum Gasteiger partial charge on any atom is 0.144 e. The molecular weight excluding hydrogens is 194 g/mol. The molecule has 0 amide bonds. The van der Waals surface area contributed by atoms with Gasteiger partial charge in [0.1, 0.15) is 5.82 Å². The third-order valence-corrected chi connectivity index (χ3v) is 1.74. The molecule has 0 aliphatic carbocycles. The highest BCUT2D eigenvalue weighted by Crippen LogP contribution is 2.01. The summed E-state index contributed by atoms with van der Waals surface area (Å²) in [5.41, 5.74) is 0.827. The average molecular weight is 211 g/mol. The van der Waals surface area contributed by atoms with E-state index in [1.807, 2.05) is 6.92 Å². The molecule has 0 saturated carbocycles. The van der Waals surface area contributed by atoms with Gasteiger partial charge >= 0.3 is 0 Å². The summed E-state index contributed by atoms with van der Waals surface area (Å²) in [6.45, 7) is 4.51. The zero-order valence-corrected chi connectivity index (χ0v) is 9.19. The van der Waals surface area contributed by atoms with Crippen molar-refractivity contribution in [3.63, 3.8) is 0 Å². The molecule has 0 aromatic carbocycles. The van der Waals surface area contributed by atoms with Crippen LogP contribution < -0.4 is 5.32 Å². The Kier molecular flexibility index (Phi) is 5.65. The highest BCUT2D eigenvalue weighted by Gasteiger charge is 1.96. The van der Waals surface area contributed by atoms with Crippen LogP contribution >= 0.6 is 0 Å². The summed E-state index contributed by atoms with van der Waals surface area (Å²) in [5.74, 6) is 0.790. The van der Waals surface area contributed by atoms with Gasteiger partial charge in [0.2, 0.25) is 0 Å². The predicted molar refractivity (Wildman–Crippen MR) is 57.7 cm³/mol. The number of nitrogens with one attached hydrogen (secondary N) is 1. The summed E-state index contributed by atoms with van der Waals surface area (Å²) >= 11 is 0. The van der Waals surface area contributed by atoms with Crippen molar-refractivity contribution in [2.75, 3.05) is 32.2 Å². The summed E-state index contributed by atoms with van der Waals surface area (Å²) in [4.78, 5) is 8.39. The highest BCUT2D eigenvalue weighted by molar-refractivity contribution is 5.30. The summed E-state index contributed by atoms with van der Waals surface area (Å²) in [7, 11) is 1.65. The molecule has 0 atom stereocenters. The van der Waals surface area contributed by atoms with Crippen molar-refractivity contribution in [3.05, 3.63) is 18.1 Å². The molecule has 0 aliphatic rings. The molecule has 0 unspecified atom stereocenters. The van der Waals surface area contributed by atoms with E-state index in [1.165, 1.54) is 0 Å². The van der Waals surface area contributed by atoms with E-state index in [9.17, 15) is 0 Å². The van der Waals surface area contributed by atoms with Crippen molar-refractivity contribution in [2.45, 2.75) is 13.5 Å². The van der Waals surface area contributed by atoms with Crippen LogP contribution in [0.3, 0.4) is 0 Å². The smallest absolute Gasteiger partial charge is 0.144 e. The Morgan fingerprint density at radius 1 is 1.27 bits per heavy atom. The van der Waals surface area contributed by atoms with Crippen LogP contribution in [0.15, 0.2) is 12.4 Å². The molecule has 0 radical (unpaired) electrons. The van der Waals surface area contributed by atoms with Crippen molar-refractivity contribution in [3.8, 4) is 0 Å². The molecule has 84 valence electrons. The third-order valence-electron chi connectivity index (χ3n) is 1.74. The van der Waals surface area contributed by atoms with Crippen LogP contribution in [0.25, 0.3) is 0 Å². The quantitative estimate of drug-likeness (QED) is 0.684. The van der Waals surface area contributed by atoms with E-state index >= 15 is 0 Å². The summed E-state index contributed by atoms with van der Waals surface area (Å²) < 4.78 is 10.2. The number of anilines is 1. The fourth-order valence-corrected chi connectivity index (χ4v) is 1.02. The second-order valence-electron chi connectivity index (χ2n) is 2.97. The lowest BCUT2D eigenvalue weighted by atomic mass is 10.5. The summed E-state index contributed by atoms with van der Waals surface area (Å²) in [6.07, 6.45) is 3.42. The van der Waals surface area contributed by atoms with Gasteiger partial charge < -0.3 is 14.8 Å². The average Bonchev–Trinajstić information content (AvgIpc) is 2.27. The Morgan fingerprint density at radius 3 is 2.73 bits per heavy atom. The van der Waals surface area contributed by atoms with E-state index in [0.717, 1.165) is 18.1 Å². The maximum absolute atomic E-state index is 5.31. The van der Waals surface area contributed by atoms with Gasteiger partial charge in [-0.3, -0.25) is 4.98 Å². The van der Waals surface area contributed by atoms with E-state index in [1.54, 1.807) is 19.5 Å². The molecule has 1 rings (SSSR count). The van der Waals surface area contributed by atoms with Gasteiger partial charge in [-0.1, -0.05) is 0 Å². The normalized spacial score (nSPS) is 10.3. The molecule has 1 aromatic heterocycles. The fourth-order valence-electron chi connectivity index (χ4n) is 1.02. The van der Waals surface area contributed by atoms with Gasteiger partial charge in [0.15, 0.2) is 0 Å². The van der Waals surface area contributed by atoms with Crippen LogP contribution in [0, 0.1) is 0 Å². The van der Waals surface area contributed by atoms with Crippen LogP contribution in [0.2, 0.25) is 0 Å². The Bertz CT molecular complexity index is 264. The van der Waals surface area contributed by atoms with Crippen LogP contribution in [-0.2, 0) is 16.1 Å². The highest BCUT2D eigenvalue weighted by atomic mass is 16.5. The molecule has 0 saturated heterocycles. The third kappa shape index (κ3) is 4.71. The van der Waals surface area contributed by atoms with Gasteiger partial charge in [-0.15, -0.1) is 0 Å². The van der Waals surface area contributed by atoms with Crippen molar-refractivity contribution in [1.82, 2.24) is 9.97 Å². The molecule has 0 spiro atoms. The van der Waals surface area contributed by atoms with E-state index in [-0.39, 0.29) is 0 Å². The number of hydrogen-bond donors (Lipinski definition) is 1. The van der Waals surface area contributed by atoms with E-state index in [4.69, 9.17) is 9.47 Å². The lowest BCUT2D eigenvalue weighted by Crippen LogP contribution is -2.05. The molecular formula is C10H17N3O2. The van der Waals surface area contributed by atoms with Gasteiger partial charge in [-0.25, -0.2) is 4.98 Å². The Labute approximate surface area is 89.8 Å². The largest absolute Gasteiger partial charge is 0.382 e. The first-order chi connectivity index (χ1) is 7.36. The minimum absolute atomic E-state index is 0.475. The first-order valence-electron chi connectivity index (χ1n) is 4.98. The monoisotopic (exact) mass is 211 g/mol. The molecule has 5 heteroatoms. The summed E-state index contributed by atoms with van der Waals surface area (Å²) in [6, 6.07) is 0. The van der Waals surface area contributed by atoms with Crippen molar-refractivity contribution < 1.29 is 9.47 Å². The van der Waals surface area contributed by atoms with E-state index < -0.39 is 0 Å². The molecule has 15 heavy (non-hydrogen) atoms. The summed E-state index contributed by atoms with van der Waals surface area (Å²) in [5, 5.41) is 3.08. The zero-order chi connectivity index (χ0) is 10.9. The van der Waals surface area contributed by atoms with Crippen molar-refractivity contribution in [2.24, 2.45) is 0 Å². The number of aromatic nitrogens is 2.